The largest absolute Gasteiger partial charge is 0.334 e. The lowest BCUT2D eigenvalue weighted by atomic mass is 9.85. The fraction of sp³-hybridized carbons (Fsp3) is 0.381. The number of rotatable bonds is 3. The Labute approximate surface area is 152 Å². The Morgan fingerprint density at radius 3 is 2.46 bits per heavy atom. The van der Waals surface area contributed by atoms with Gasteiger partial charge in [0.2, 0.25) is 0 Å². The van der Waals surface area contributed by atoms with Crippen molar-refractivity contribution < 1.29 is 14.4 Å². The van der Waals surface area contributed by atoms with Crippen LogP contribution in [0.4, 0.5) is 4.79 Å². The maximum Gasteiger partial charge on any atom is 0.334 e. The van der Waals surface area contributed by atoms with E-state index in [1.165, 1.54) is 4.90 Å². The third-order valence-electron chi connectivity index (χ3n) is 5.69. The topological polar surface area (TPSA) is 57.7 Å². The summed E-state index contributed by atoms with van der Waals surface area (Å²) in [6.45, 7) is 2.19. The van der Waals surface area contributed by atoms with Gasteiger partial charge in [-0.15, -0.1) is 0 Å². The summed E-state index contributed by atoms with van der Waals surface area (Å²) in [6, 6.07) is 13.0. The van der Waals surface area contributed by atoms with Gasteiger partial charge in [-0.3, -0.25) is 19.4 Å². The number of fused-ring (bicyclic) bond motifs is 1. The second-order valence-electron chi connectivity index (χ2n) is 7.32. The van der Waals surface area contributed by atoms with E-state index in [1.54, 1.807) is 0 Å². The van der Waals surface area contributed by atoms with Crippen LogP contribution in [0.15, 0.2) is 42.5 Å². The van der Waals surface area contributed by atoms with Crippen LogP contribution in [-0.2, 0) is 16.1 Å². The summed E-state index contributed by atoms with van der Waals surface area (Å²) in [5, 5.41) is 2.04. The lowest BCUT2D eigenvalue weighted by molar-refractivity contribution is -0.144. The molecule has 0 bridgehead atoms. The van der Waals surface area contributed by atoms with Crippen LogP contribution in [0.5, 0.6) is 0 Å². The van der Waals surface area contributed by atoms with Crippen molar-refractivity contribution >= 4 is 28.6 Å². The quantitative estimate of drug-likeness (QED) is 0.626. The summed E-state index contributed by atoms with van der Waals surface area (Å²) in [7, 11) is 0. The van der Waals surface area contributed by atoms with Gasteiger partial charge in [0.05, 0.1) is 6.54 Å². The molecular formula is C21H22N2O3. The summed E-state index contributed by atoms with van der Waals surface area (Å²) in [5.41, 5.74) is 0.871. The number of urea groups is 1. The first-order valence-electron chi connectivity index (χ1n) is 9.23. The summed E-state index contributed by atoms with van der Waals surface area (Å²) < 4.78 is 0. The zero-order chi connectivity index (χ0) is 18.3. The van der Waals surface area contributed by atoms with E-state index in [0.29, 0.717) is 0 Å². The third kappa shape index (κ3) is 2.68. The van der Waals surface area contributed by atoms with Crippen LogP contribution in [0.2, 0.25) is 0 Å². The first kappa shape index (κ1) is 16.8. The molecule has 1 saturated carbocycles. The van der Waals surface area contributed by atoms with Gasteiger partial charge in [-0.2, -0.15) is 0 Å². The molecule has 5 nitrogen and oxygen atoms in total. The number of benzene rings is 2. The van der Waals surface area contributed by atoms with Crippen molar-refractivity contribution in [2.45, 2.75) is 45.2 Å². The van der Waals surface area contributed by atoms with E-state index < -0.39 is 17.8 Å². The first-order valence-corrected chi connectivity index (χ1v) is 9.23. The highest BCUT2D eigenvalue weighted by Crippen LogP contribution is 2.32. The molecule has 4 amide bonds. The fourth-order valence-corrected chi connectivity index (χ4v) is 4.24. The number of hydrogen-bond donors (Lipinski definition) is 0. The van der Waals surface area contributed by atoms with Crippen LogP contribution in [0.3, 0.4) is 0 Å². The van der Waals surface area contributed by atoms with E-state index in [0.717, 1.165) is 46.9 Å². The molecule has 26 heavy (non-hydrogen) atoms. The Kier molecular flexibility index (Phi) is 4.23. The standard InChI is InChI=1S/C21H22N2O3/c1-14-7-2-5-12-18(14)23-20(25)19(24)22(21(23)26)13-16-10-6-9-15-8-3-4-11-17(15)16/h3-4,6,8-11,14,18H,2,5,7,12-13H2,1H3/t14-,18+/m1/s1. The van der Waals surface area contributed by atoms with Crippen LogP contribution >= 0.6 is 0 Å². The van der Waals surface area contributed by atoms with Gasteiger partial charge in [0.15, 0.2) is 0 Å². The van der Waals surface area contributed by atoms with Gasteiger partial charge in [-0.1, -0.05) is 62.2 Å². The predicted molar refractivity (Wildman–Crippen MR) is 98.2 cm³/mol. The molecule has 0 aromatic heterocycles. The van der Waals surface area contributed by atoms with E-state index >= 15 is 0 Å². The monoisotopic (exact) mass is 350 g/mol. The molecule has 2 aromatic rings. The number of hydrogen-bond acceptors (Lipinski definition) is 3. The van der Waals surface area contributed by atoms with Crippen LogP contribution in [-0.4, -0.2) is 33.7 Å². The minimum absolute atomic E-state index is 0.127. The maximum absolute atomic E-state index is 12.9. The smallest absolute Gasteiger partial charge is 0.263 e. The Balaban J connectivity index is 1.64. The molecule has 0 radical (unpaired) electrons. The van der Waals surface area contributed by atoms with Crippen molar-refractivity contribution in [1.82, 2.24) is 9.80 Å². The second-order valence-corrected chi connectivity index (χ2v) is 7.32. The zero-order valence-corrected chi connectivity index (χ0v) is 14.9. The van der Waals surface area contributed by atoms with Gasteiger partial charge in [0.1, 0.15) is 0 Å². The van der Waals surface area contributed by atoms with Gasteiger partial charge < -0.3 is 0 Å². The van der Waals surface area contributed by atoms with Gasteiger partial charge in [-0.05, 0) is 35.1 Å². The van der Waals surface area contributed by atoms with Crippen molar-refractivity contribution in [1.29, 1.82) is 0 Å². The molecule has 4 rings (SSSR count). The lowest BCUT2D eigenvalue weighted by Gasteiger charge is -2.34. The molecule has 2 atom stereocenters. The summed E-state index contributed by atoms with van der Waals surface area (Å²) in [5.74, 6) is -1.14. The molecule has 134 valence electrons. The number of carbonyl (C=O) groups is 3. The van der Waals surface area contributed by atoms with Gasteiger partial charge in [0.25, 0.3) is 0 Å². The molecule has 1 saturated heterocycles. The molecule has 5 heteroatoms. The SMILES string of the molecule is C[C@@H]1CCCC[C@@H]1N1C(=O)C(=O)N(Cc2cccc3ccccc23)C1=O. The Morgan fingerprint density at radius 1 is 0.923 bits per heavy atom. The average molecular weight is 350 g/mol. The van der Waals surface area contributed by atoms with Crippen LogP contribution < -0.4 is 0 Å². The van der Waals surface area contributed by atoms with Gasteiger partial charge in [0, 0.05) is 6.04 Å². The Morgan fingerprint density at radius 2 is 1.65 bits per heavy atom. The highest BCUT2D eigenvalue weighted by atomic mass is 16.2. The number of amides is 4. The highest BCUT2D eigenvalue weighted by molar-refractivity contribution is 6.44. The Bertz CT molecular complexity index is 886. The highest BCUT2D eigenvalue weighted by Gasteiger charge is 2.49. The normalized spacial score (nSPS) is 24.0. The van der Waals surface area contributed by atoms with Crippen LogP contribution in [0, 0.1) is 5.92 Å². The number of carbonyl (C=O) groups excluding carboxylic acids is 3. The summed E-state index contributed by atoms with van der Waals surface area (Å²) in [6.07, 6.45) is 3.87. The average Bonchev–Trinajstić information content (AvgIpc) is 2.86. The minimum Gasteiger partial charge on any atom is -0.263 e. The van der Waals surface area contributed by atoms with Crippen molar-refractivity contribution in [3.8, 4) is 0 Å². The molecule has 1 aliphatic carbocycles. The van der Waals surface area contributed by atoms with Crippen LogP contribution in [0.25, 0.3) is 10.8 Å². The molecule has 1 aliphatic heterocycles. The summed E-state index contributed by atoms with van der Waals surface area (Å²) in [4.78, 5) is 40.3. The molecule has 0 unspecified atom stereocenters. The molecule has 2 aromatic carbocycles. The number of imide groups is 2. The van der Waals surface area contributed by atoms with Gasteiger partial charge in [-0.25, -0.2) is 4.79 Å². The minimum atomic E-state index is -0.708. The molecular weight excluding hydrogens is 328 g/mol. The van der Waals surface area contributed by atoms with Crippen molar-refractivity contribution in [2.75, 3.05) is 0 Å². The molecule has 0 spiro atoms. The van der Waals surface area contributed by atoms with Crippen molar-refractivity contribution in [3.05, 3.63) is 48.0 Å². The molecule has 2 fully saturated rings. The predicted octanol–water partition coefficient (Wildman–Crippen LogP) is 3.71. The zero-order valence-electron chi connectivity index (χ0n) is 14.9. The van der Waals surface area contributed by atoms with E-state index in [4.69, 9.17) is 0 Å². The van der Waals surface area contributed by atoms with E-state index in [2.05, 4.69) is 6.92 Å². The van der Waals surface area contributed by atoms with Crippen LogP contribution in [0.1, 0.15) is 38.2 Å². The maximum atomic E-state index is 12.9. The molecule has 2 aliphatic rings. The second kappa shape index (κ2) is 6.56. The molecule has 0 N–H and O–H groups in total. The van der Waals surface area contributed by atoms with Crippen molar-refractivity contribution in [3.63, 3.8) is 0 Å². The van der Waals surface area contributed by atoms with Crippen molar-refractivity contribution in [2.24, 2.45) is 5.92 Å². The van der Waals surface area contributed by atoms with E-state index in [1.807, 2.05) is 42.5 Å². The lowest BCUT2D eigenvalue weighted by Crippen LogP contribution is -2.46. The van der Waals surface area contributed by atoms with E-state index in [9.17, 15) is 14.4 Å². The fourth-order valence-electron chi connectivity index (χ4n) is 4.24. The van der Waals surface area contributed by atoms with E-state index in [-0.39, 0.29) is 18.5 Å². The van der Waals surface area contributed by atoms with Gasteiger partial charge >= 0.3 is 17.8 Å². The first-order chi connectivity index (χ1) is 12.6. The number of nitrogens with zero attached hydrogens (tertiary/aromatic N) is 2. The Hall–Kier alpha value is -2.69. The summed E-state index contributed by atoms with van der Waals surface area (Å²) >= 11 is 0. The third-order valence-corrected chi connectivity index (χ3v) is 5.69. The molecule has 1 heterocycles.